The summed E-state index contributed by atoms with van der Waals surface area (Å²) in [5.74, 6) is 0. The van der Waals surface area contributed by atoms with Gasteiger partial charge in [0.15, 0.2) is 8.32 Å². The lowest BCUT2D eigenvalue weighted by Crippen LogP contribution is -2.44. The summed E-state index contributed by atoms with van der Waals surface area (Å²) in [5.41, 5.74) is 1.68. The molecule has 0 amide bonds. The van der Waals surface area contributed by atoms with Crippen LogP contribution in [0.25, 0.3) is 0 Å². The van der Waals surface area contributed by atoms with Gasteiger partial charge in [0, 0.05) is 18.7 Å². The average molecular weight is 296 g/mol. The average Bonchev–Trinajstić information content (AvgIpc) is 2.33. The van der Waals surface area contributed by atoms with E-state index in [9.17, 15) is 0 Å². The van der Waals surface area contributed by atoms with Crippen LogP contribution in [0, 0.1) is 0 Å². The van der Waals surface area contributed by atoms with E-state index in [4.69, 9.17) is 4.43 Å². The third kappa shape index (κ3) is 4.19. The standard InChI is InChI=1S/C17H33NOSi/c1-17(2,3)20(4,5)19-11-7-8-14-12-15-9-6-10-16(13-14)18-15/h12,15-16,18H,6-11,13H2,1-5H3. The number of hydrogen-bond donors (Lipinski definition) is 1. The first-order valence-electron chi connectivity index (χ1n) is 8.37. The molecule has 20 heavy (non-hydrogen) atoms. The predicted molar refractivity (Wildman–Crippen MR) is 89.6 cm³/mol. The molecule has 0 aromatic heterocycles. The van der Waals surface area contributed by atoms with Crippen molar-refractivity contribution in [3.05, 3.63) is 11.6 Å². The molecule has 0 aromatic carbocycles. The number of fused-ring (bicyclic) bond motifs is 2. The maximum atomic E-state index is 6.28. The highest BCUT2D eigenvalue weighted by Gasteiger charge is 2.36. The minimum absolute atomic E-state index is 0.331. The summed E-state index contributed by atoms with van der Waals surface area (Å²) in [7, 11) is -1.55. The monoisotopic (exact) mass is 295 g/mol. The molecule has 0 radical (unpaired) electrons. The fraction of sp³-hybridized carbons (Fsp3) is 0.882. The Morgan fingerprint density at radius 1 is 1.30 bits per heavy atom. The van der Waals surface area contributed by atoms with Gasteiger partial charge in [-0.2, -0.15) is 0 Å². The number of nitrogens with one attached hydrogen (secondary N) is 1. The van der Waals surface area contributed by atoms with E-state index in [-0.39, 0.29) is 0 Å². The van der Waals surface area contributed by atoms with Crippen LogP contribution >= 0.6 is 0 Å². The second-order valence-corrected chi connectivity index (χ2v) is 13.0. The van der Waals surface area contributed by atoms with Crippen molar-refractivity contribution >= 4 is 8.32 Å². The Morgan fingerprint density at radius 2 is 2.05 bits per heavy atom. The molecule has 0 aromatic rings. The number of piperidine rings is 1. The Balaban J connectivity index is 1.73. The Hall–Kier alpha value is -0.123. The van der Waals surface area contributed by atoms with Gasteiger partial charge >= 0.3 is 0 Å². The van der Waals surface area contributed by atoms with Gasteiger partial charge in [0.1, 0.15) is 0 Å². The molecule has 2 unspecified atom stereocenters. The van der Waals surface area contributed by atoms with E-state index in [0.717, 1.165) is 12.6 Å². The molecular formula is C17H33NOSi. The maximum absolute atomic E-state index is 6.28. The van der Waals surface area contributed by atoms with Gasteiger partial charge in [-0.1, -0.05) is 38.8 Å². The molecule has 2 aliphatic rings. The first-order chi connectivity index (χ1) is 9.28. The minimum atomic E-state index is -1.55. The highest BCUT2D eigenvalue weighted by atomic mass is 28.4. The van der Waals surface area contributed by atoms with Crippen LogP contribution in [-0.4, -0.2) is 27.0 Å². The Kier molecular flexibility index (Phi) is 5.14. The van der Waals surface area contributed by atoms with E-state index in [0.29, 0.717) is 11.1 Å². The van der Waals surface area contributed by atoms with Crippen molar-refractivity contribution < 1.29 is 4.43 Å². The molecule has 0 spiro atoms. The maximum Gasteiger partial charge on any atom is 0.191 e. The molecule has 1 saturated heterocycles. The summed E-state index contributed by atoms with van der Waals surface area (Å²) in [6.45, 7) is 12.6. The lowest BCUT2D eigenvalue weighted by Gasteiger charge is -2.37. The molecule has 1 N–H and O–H groups in total. The summed E-state index contributed by atoms with van der Waals surface area (Å²) < 4.78 is 6.28. The second kappa shape index (κ2) is 6.33. The molecule has 0 aliphatic carbocycles. The molecule has 2 atom stereocenters. The fourth-order valence-corrected chi connectivity index (χ4v) is 4.13. The Bertz CT molecular complexity index is 356. The van der Waals surface area contributed by atoms with Crippen molar-refractivity contribution in [2.45, 2.75) is 89.5 Å². The highest BCUT2D eigenvalue weighted by molar-refractivity contribution is 6.74. The molecule has 1 fully saturated rings. The van der Waals surface area contributed by atoms with Gasteiger partial charge in [-0.15, -0.1) is 0 Å². The fourth-order valence-electron chi connectivity index (χ4n) is 3.04. The number of rotatable bonds is 5. The van der Waals surface area contributed by atoms with Gasteiger partial charge in [0.05, 0.1) is 0 Å². The molecule has 0 saturated carbocycles. The zero-order chi connectivity index (χ0) is 14.8. The molecule has 2 rings (SSSR count). The predicted octanol–water partition coefficient (Wildman–Crippen LogP) is 4.63. The molecule has 116 valence electrons. The van der Waals surface area contributed by atoms with Crippen LogP contribution in [-0.2, 0) is 4.43 Å². The van der Waals surface area contributed by atoms with Gasteiger partial charge in [0.2, 0.25) is 0 Å². The topological polar surface area (TPSA) is 21.3 Å². The Labute approximate surface area is 126 Å². The molecule has 2 nitrogen and oxygen atoms in total. The lowest BCUT2D eigenvalue weighted by molar-refractivity contribution is 0.278. The van der Waals surface area contributed by atoms with Crippen molar-refractivity contribution in [2.24, 2.45) is 0 Å². The van der Waals surface area contributed by atoms with Crippen molar-refractivity contribution in [1.29, 1.82) is 0 Å². The van der Waals surface area contributed by atoms with E-state index < -0.39 is 8.32 Å². The van der Waals surface area contributed by atoms with Crippen molar-refractivity contribution in [3.63, 3.8) is 0 Å². The third-order valence-electron chi connectivity index (χ3n) is 5.37. The molecule has 2 aliphatic heterocycles. The van der Waals surface area contributed by atoms with Crippen LogP contribution in [0.1, 0.15) is 59.3 Å². The highest BCUT2D eigenvalue weighted by Crippen LogP contribution is 2.36. The lowest BCUT2D eigenvalue weighted by atomic mass is 9.86. The zero-order valence-corrected chi connectivity index (χ0v) is 15.1. The van der Waals surface area contributed by atoms with E-state index in [1.807, 2.05) is 0 Å². The largest absolute Gasteiger partial charge is 0.417 e. The quantitative estimate of drug-likeness (QED) is 0.453. The molecule has 2 bridgehead atoms. The van der Waals surface area contributed by atoms with Crippen LogP contribution in [0.5, 0.6) is 0 Å². The third-order valence-corrected chi connectivity index (χ3v) is 9.91. The molecular weight excluding hydrogens is 262 g/mol. The van der Waals surface area contributed by atoms with E-state index in [1.165, 1.54) is 38.5 Å². The van der Waals surface area contributed by atoms with E-state index in [2.05, 4.69) is 45.3 Å². The number of hydrogen-bond acceptors (Lipinski definition) is 2. The molecule has 2 heterocycles. The van der Waals surface area contributed by atoms with Crippen LogP contribution in [0.2, 0.25) is 18.1 Å². The van der Waals surface area contributed by atoms with Gasteiger partial charge in [-0.3, -0.25) is 0 Å². The summed E-state index contributed by atoms with van der Waals surface area (Å²) >= 11 is 0. The van der Waals surface area contributed by atoms with Crippen LogP contribution in [0.15, 0.2) is 11.6 Å². The van der Waals surface area contributed by atoms with Gasteiger partial charge in [-0.05, 0) is 50.2 Å². The van der Waals surface area contributed by atoms with Crippen LogP contribution in [0.4, 0.5) is 0 Å². The van der Waals surface area contributed by atoms with Crippen LogP contribution in [0.3, 0.4) is 0 Å². The normalized spacial score (nSPS) is 27.4. The van der Waals surface area contributed by atoms with Gasteiger partial charge in [-0.25, -0.2) is 0 Å². The second-order valence-electron chi connectivity index (χ2n) is 8.14. The zero-order valence-electron chi connectivity index (χ0n) is 14.1. The van der Waals surface area contributed by atoms with Gasteiger partial charge < -0.3 is 9.74 Å². The van der Waals surface area contributed by atoms with E-state index in [1.54, 1.807) is 5.57 Å². The van der Waals surface area contributed by atoms with Crippen molar-refractivity contribution in [2.75, 3.05) is 6.61 Å². The summed E-state index contributed by atoms with van der Waals surface area (Å²) in [4.78, 5) is 0. The SMILES string of the molecule is CC(C)(C)[Si](C)(C)OCCCC1=CC2CCCC(C1)N2. The minimum Gasteiger partial charge on any atom is -0.417 e. The van der Waals surface area contributed by atoms with E-state index >= 15 is 0 Å². The van der Waals surface area contributed by atoms with Gasteiger partial charge in [0.25, 0.3) is 0 Å². The van der Waals surface area contributed by atoms with Crippen LogP contribution < -0.4 is 5.32 Å². The van der Waals surface area contributed by atoms with Crippen molar-refractivity contribution in [3.8, 4) is 0 Å². The Morgan fingerprint density at radius 3 is 2.70 bits per heavy atom. The first kappa shape index (κ1) is 16.3. The van der Waals surface area contributed by atoms with Crippen molar-refractivity contribution in [1.82, 2.24) is 5.32 Å². The first-order valence-corrected chi connectivity index (χ1v) is 11.3. The summed E-state index contributed by atoms with van der Waals surface area (Å²) in [5, 5.41) is 4.05. The molecule has 3 heteroatoms. The smallest absolute Gasteiger partial charge is 0.191 e. The summed E-state index contributed by atoms with van der Waals surface area (Å²) in [6, 6.07) is 1.42. The summed E-state index contributed by atoms with van der Waals surface area (Å²) in [6.07, 6.45) is 10.3.